The minimum absolute atomic E-state index is 0.0401. The topological polar surface area (TPSA) is 58.6 Å². The molecule has 0 unspecified atom stereocenters. The van der Waals surface area contributed by atoms with Crippen molar-refractivity contribution in [2.24, 2.45) is 5.92 Å². The number of halogens is 1. The monoisotopic (exact) mass is 335 g/mol. The van der Waals surface area contributed by atoms with E-state index in [1.165, 1.54) is 23.5 Å². The maximum Gasteiger partial charge on any atom is 0.258 e. The van der Waals surface area contributed by atoms with Crippen LogP contribution in [-0.2, 0) is 10.4 Å². The van der Waals surface area contributed by atoms with Gasteiger partial charge in [0.2, 0.25) is 0 Å². The van der Waals surface area contributed by atoms with Gasteiger partial charge in [0, 0.05) is 4.88 Å². The summed E-state index contributed by atoms with van der Waals surface area (Å²) in [6.45, 7) is -0.149. The van der Waals surface area contributed by atoms with Gasteiger partial charge in [-0.25, -0.2) is 4.39 Å². The summed E-state index contributed by atoms with van der Waals surface area (Å²) in [7, 11) is 0. The molecular weight excluding hydrogens is 317 g/mol. The van der Waals surface area contributed by atoms with E-state index in [4.69, 9.17) is 4.74 Å². The van der Waals surface area contributed by atoms with Gasteiger partial charge in [0.15, 0.2) is 18.2 Å². The molecule has 2 N–H and O–H groups in total. The van der Waals surface area contributed by atoms with E-state index in [0.29, 0.717) is 0 Å². The van der Waals surface area contributed by atoms with Crippen molar-refractivity contribution in [2.45, 2.75) is 18.4 Å². The number of carbonyl (C=O) groups excluding carboxylic acids is 1. The largest absolute Gasteiger partial charge is 0.481 e. The Morgan fingerprint density at radius 3 is 2.78 bits per heavy atom. The first-order valence-electron chi connectivity index (χ1n) is 7.50. The normalized spacial score (nSPS) is 16.6. The van der Waals surface area contributed by atoms with E-state index < -0.39 is 11.4 Å². The van der Waals surface area contributed by atoms with E-state index in [0.717, 1.165) is 17.7 Å². The number of aliphatic hydroxyl groups is 1. The summed E-state index contributed by atoms with van der Waals surface area (Å²) in [6, 6.07) is 9.70. The highest BCUT2D eigenvalue weighted by Crippen LogP contribution is 2.46. The lowest BCUT2D eigenvalue weighted by atomic mass is 9.95. The molecule has 1 amide bonds. The molecule has 23 heavy (non-hydrogen) atoms. The molecule has 0 aliphatic heterocycles. The fourth-order valence-electron chi connectivity index (χ4n) is 2.51. The van der Waals surface area contributed by atoms with E-state index >= 15 is 0 Å². The van der Waals surface area contributed by atoms with Crippen molar-refractivity contribution >= 4 is 17.2 Å². The summed E-state index contributed by atoms with van der Waals surface area (Å²) in [4.78, 5) is 12.8. The number of carbonyl (C=O) groups is 1. The summed E-state index contributed by atoms with van der Waals surface area (Å²) in [5.74, 6) is -0.676. The SMILES string of the molecule is O=C(COc1ccccc1F)NC[C@](O)(c1cccs1)C1CC1. The van der Waals surface area contributed by atoms with E-state index in [-0.39, 0.29) is 30.7 Å². The lowest BCUT2D eigenvalue weighted by molar-refractivity contribution is -0.124. The van der Waals surface area contributed by atoms with Crippen LogP contribution >= 0.6 is 11.3 Å². The molecule has 4 nitrogen and oxygen atoms in total. The van der Waals surface area contributed by atoms with Crippen molar-refractivity contribution in [1.82, 2.24) is 5.32 Å². The van der Waals surface area contributed by atoms with Crippen molar-refractivity contribution in [3.05, 3.63) is 52.5 Å². The number of rotatable bonds is 7. The van der Waals surface area contributed by atoms with Crippen molar-refractivity contribution in [1.29, 1.82) is 0 Å². The number of hydrogen-bond donors (Lipinski definition) is 2. The van der Waals surface area contributed by atoms with Crippen LogP contribution in [0.15, 0.2) is 41.8 Å². The van der Waals surface area contributed by atoms with E-state index in [1.807, 2.05) is 17.5 Å². The quantitative estimate of drug-likeness (QED) is 0.818. The molecule has 1 heterocycles. The average Bonchev–Trinajstić information content (AvgIpc) is 3.27. The second kappa shape index (κ2) is 6.68. The summed E-state index contributed by atoms with van der Waals surface area (Å²) in [5.41, 5.74) is -1.03. The zero-order valence-corrected chi connectivity index (χ0v) is 13.3. The van der Waals surface area contributed by atoms with E-state index in [2.05, 4.69) is 5.32 Å². The molecule has 1 aliphatic carbocycles. The summed E-state index contributed by atoms with van der Waals surface area (Å²) < 4.78 is 18.6. The van der Waals surface area contributed by atoms with Gasteiger partial charge >= 0.3 is 0 Å². The maximum absolute atomic E-state index is 13.4. The van der Waals surface area contributed by atoms with Crippen LogP contribution in [0.5, 0.6) is 5.75 Å². The van der Waals surface area contributed by atoms with Crippen LogP contribution < -0.4 is 10.1 Å². The Morgan fingerprint density at radius 2 is 2.13 bits per heavy atom. The highest BCUT2D eigenvalue weighted by Gasteiger charge is 2.45. The molecule has 1 aromatic heterocycles. The van der Waals surface area contributed by atoms with Crippen LogP contribution in [0.25, 0.3) is 0 Å². The second-order valence-corrected chi connectivity index (χ2v) is 6.62. The number of para-hydroxylation sites is 1. The summed E-state index contributed by atoms with van der Waals surface area (Å²) >= 11 is 1.48. The van der Waals surface area contributed by atoms with Crippen LogP contribution in [0.3, 0.4) is 0 Å². The van der Waals surface area contributed by atoms with Gasteiger partial charge in [-0.05, 0) is 42.3 Å². The van der Waals surface area contributed by atoms with Gasteiger partial charge in [0.25, 0.3) is 5.91 Å². The van der Waals surface area contributed by atoms with Gasteiger partial charge in [0.1, 0.15) is 5.60 Å². The zero-order valence-electron chi connectivity index (χ0n) is 12.5. The average molecular weight is 335 g/mol. The number of benzene rings is 1. The molecule has 1 aliphatic rings. The summed E-state index contributed by atoms with van der Waals surface area (Å²) in [6.07, 6.45) is 1.91. The third-order valence-corrected chi connectivity index (χ3v) is 4.99. The van der Waals surface area contributed by atoms with Crippen LogP contribution in [-0.4, -0.2) is 24.2 Å². The molecule has 122 valence electrons. The molecule has 0 saturated heterocycles. The van der Waals surface area contributed by atoms with Gasteiger partial charge < -0.3 is 15.2 Å². The van der Waals surface area contributed by atoms with Crippen LogP contribution in [0.1, 0.15) is 17.7 Å². The number of amides is 1. The van der Waals surface area contributed by atoms with Crippen molar-refractivity contribution in [3.63, 3.8) is 0 Å². The molecule has 2 aromatic rings. The third-order valence-electron chi connectivity index (χ3n) is 3.95. The fourth-order valence-corrected chi connectivity index (χ4v) is 3.41. The van der Waals surface area contributed by atoms with Crippen molar-refractivity contribution in [2.75, 3.05) is 13.2 Å². The van der Waals surface area contributed by atoms with E-state index in [1.54, 1.807) is 12.1 Å². The number of nitrogens with one attached hydrogen (secondary N) is 1. The van der Waals surface area contributed by atoms with Crippen molar-refractivity contribution in [3.8, 4) is 5.75 Å². The molecule has 1 fully saturated rings. The smallest absolute Gasteiger partial charge is 0.258 e. The number of thiophene rings is 1. The lowest BCUT2D eigenvalue weighted by Crippen LogP contribution is -2.43. The Kier molecular flexibility index (Phi) is 4.63. The second-order valence-electron chi connectivity index (χ2n) is 5.67. The highest BCUT2D eigenvalue weighted by atomic mass is 32.1. The Hall–Kier alpha value is -1.92. The van der Waals surface area contributed by atoms with Gasteiger partial charge in [-0.15, -0.1) is 11.3 Å². The van der Waals surface area contributed by atoms with Gasteiger partial charge in [-0.2, -0.15) is 0 Å². The number of ether oxygens (including phenoxy) is 1. The molecule has 6 heteroatoms. The standard InChI is InChI=1S/C17H18FNO3S/c18-13-4-1-2-5-14(13)22-10-16(20)19-11-17(21,12-7-8-12)15-6-3-9-23-15/h1-6,9,12,21H,7-8,10-11H2,(H,19,20)/t17-/m1/s1. The third kappa shape index (κ3) is 3.71. The fraction of sp³-hybridized carbons (Fsp3) is 0.353. The van der Waals surface area contributed by atoms with Gasteiger partial charge in [0.05, 0.1) is 6.54 Å². The van der Waals surface area contributed by atoms with Gasteiger partial charge in [-0.3, -0.25) is 4.79 Å². The molecular formula is C17H18FNO3S. The molecule has 0 spiro atoms. The molecule has 1 saturated carbocycles. The predicted molar refractivity (Wildman–Crippen MR) is 85.8 cm³/mol. The van der Waals surface area contributed by atoms with Crippen LogP contribution in [0.4, 0.5) is 4.39 Å². The predicted octanol–water partition coefficient (Wildman–Crippen LogP) is 2.68. The summed E-state index contributed by atoms with van der Waals surface area (Å²) in [5, 5.41) is 15.5. The first-order valence-corrected chi connectivity index (χ1v) is 8.38. The zero-order chi connectivity index (χ0) is 16.3. The Labute approximate surface area is 137 Å². The van der Waals surface area contributed by atoms with E-state index in [9.17, 15) is 14.3 Å². The van der Waals surface area contributed by atoms with Crippen LogP contribution in [0.2, 0.25) is 0 Å². The number of hydrogen-bond acceptors (Lipinski definition) is 4. The minimum atomic E-state index is -1.03. The molecule has 0 radical (unpaired) electrons. The minimum Gasteiger partial charge on any atom is -0.481 e. The lowest BCUT2D eigenvalue weighted by Gasteiger charge is -2.27. The first kappa shape index (κ1) is 16.0. The Morgan fingerprint density at radius 1 is 1.35 bits per heavy atom. The molecule has 3 rings (SSSR count). The Bertz CT molecular complexity index is 672. The Balaban J connectivity index is 1.55. The first-order chi connectivity index (χ1) is 11.1. The van der Waals surface area contributed by atoms with Crippen LogP contribution in [0, 0.1) is 11.7 Å². The van der Waals surface area contributed by atoms with Gasteiger partial charge in [-0.1, -0.05) is 18.2 Å². The van der Waals surface area contributed by atoms with Crippen molar-refractivity contribution < 1.29 is 19.0 Å². The highest BCUT2D eigenvalue weighted by molar-refractivity contribution is 7.10. The maximum atomic E-state index is 13.4. The molecule has 1 atom stereocenters. The molecule has 1 aromatic carbocycles. The molecule has 0 bridgehead atoms.